The Balaban J connectivity index is 1.59. The van der Waals surface area contributed by atoms with E-state index in [1.54, 1.807) is 20.8 Å². The molecule has 1 aliphatic rings. The molecule has 2 amide bonds. The van der Waals surface area contributed by atoms with Gasteiger partial charge in [-0.2, -0.15) is 4.98 Å². The van der Waals surface area contributed by atoms with Gasteiger partial charge in [0.2, 0.25) is 11.7 Å². The Kier molecular flexibility index (Phi) is 8.22. The van der Waals surface area contributed by atoms with Crippen molar-refractivity contribution in [1.82, 2.24) is 25.7 Å². The van der Waals surface area contributed by atoms with E-state index in [1.165, 1.54) is 19.1 Å². The van der Waals surface area contributed by atoms with E-state index in [-0.39, 0.29) is 40.3 Å². The van der Waals surface area contributed by atoms with Gasteiger partial charge in [-0.25, -0.2) is 17.6 Å². The van der Waals surface area contributed by atoms with Gasteiger partial charge in [-0.05, 0) is 50.6 Å². The van der Waals surface area contributed by atoms with Crippen molar-refractivity contribution in [3.63, 3.8) is 0 Å². The zero-order valence-corrected chi connectivity index (χ0v) is 25.2. The molecular formula is C27H24F4N6O8S. The fraction of sp³-hybridized carbons (Fsp3) is 0.333. The maximum absolute atomic E-state index is 15.5. The minimum atomic E-state index is -4.95. The van der Waals surface area contributed by atoms with Crippen LogP contribution in [-0.4, -0.2) is 64.5 Å². The molecule has 46 heavy (non-hydrogen) atoms. The number of hydrogen-bond donors (Lipinski definition) is 1. The third kappa shape index (κ3) is 7.24. The van der Waals surface area contributed by atoms with Crippen molar-refractivity contribution < 1.29 is 54.0 Å². The number of benzene rings is 2. The minimum Gasteiger partial charge on any atom is -0.444 e. The number of aryl methyl sites for hydroxylation is 1. The first-order valence-corrected chi connectivity index (χ1v) is 14.9. The number of rotatable bonds is 6. The van der Waals surface area contributed by atoms with Gasteiger partial charge in [0.1, 0.15) is 23.2 Å². The summed E-state index contributed by atoms with van der Waals surface area (Å²) in [4.78, 5) is 30.9. The van der Waals surface area contributed by atoms with E-state index in [1.807, 2.05) is 0 Å². The summed E-state index contributed by atoms with van der Waals surface area (Å²) < 4.78 is 100. The lowest BCUT2D eigenvalue weighted by atomic mass is 10.1. The van der Waals surface area contributed by atoms with Crippen LogP contribution in [0.1, 0.15) is 32.2 Å². The molecule has 0 aliphatic carbocycles. The van der Waals surface area contributed by atoms with Gasteiger partial charge in [0.05, 0.1) is 28.4 Å². The molecule has 5 rings (SSSR count). The Morgan fingerprint density at radius 2 is 1.80 bits per heavy atom. The second-order valence-electron chi connectivity index (χ2n) is 10.9. The van der Waals surface area contributed by atoms with E-state index in [9.17, 15) is 31.2 Å². The minimum absolute atomic E-state index is 0.167. The van der Waals surface area contributed by atoms with Crippen molar-refractivity contribution in [2.75, 3.05) is 10.7 Å². The first kappa shape index (κ1) is 32.3. The van der Waals surface area contributed by atoms with Crippen molar-refractivity contribution in [2.45, 2.75) is 57.1 Å². The number of alkyl halides is 3. The molecule has 2 aromatic carbocycles. The summed E-state index contributed by atoms with van der Waals surface area (Å²) in [7, 11) is -4.47. The summed E-state index contributed by atoms with van der Waals surface area (Å²) in [6.45, 7) is 5.75. The highest BCUT2D eigenvalue weighted by molar-refractivity contribution is 7.91. The van der Waals surface area contributed by atoms with Crippen LogP contribution in [0.4, 0.5) is 28.0 Å². The van der Waals surface area contributed by atoms with Crippen LogP contribution in [0, 0.1) is 12.7 Å². The van der Waals surface area contributed by atoms with Gasteiger partial charge >= 0.3 is 24.2 Å². The Morgan fingerprint density at radius 3 is 2.41 bits per heavy atom. The zero-order valence-electron chi connectivity index (χ0n) is 24.4. The van der Waals surface area contributed by atoms with E-state index in [4.69, 9.17) is 13.7 Å². The number of carbonyl (C=O) groups is 2. The molecule has 0 radical (unpaired) electrons. The van der Waals surface area contributed by atoms with Crippen LogP contribution in [0.15, 0.2) is 50.2 Å². The Hall–Kier alpha value is -5.07. The van der Waals surface area contributed by atoms with Crippen LogP contribution in [-0.2, 0) is 25.9 Å². The van der Waals surface area contributed by atoms with Crippen molar-refractivity contribution in [1.29, 1.82) is 0 Å². The molecule has 2 aromatic heterocycles. The Morgan fingerprint density at radius 1 is 1.11 bits per heavy atom. The monoisotopic (exact) mass is 668 g/mol. The fourth-order valence-corrected chi connectivity index (χ4v) is 5.98. The van der Waals surface area contributed by atoms with Crippen LogP contribution in [0.5, 0.6) is 5.75 Å². The van der Waals surface area contributed by atoms with Crippen LogP contribution in [0.3, 0.4) is 0 Å². The largest absolute Gasteiger partial charge is 0.573 e. The average molecular weight is 669 g/mol. The standard InChI is InChI=1S/C27H24F4N6O8S/c1-13-34-35-23(42-13)22-33-21(36-45-22)16-9-19-20(10-17(16)28)46(40,41)12-18(32-25(39)44-26(2,3)4)24(38)37(19)11-14-5-7-15(8-6-14)43-27(29,30)31/h5-10,18H,11-12H2,1-4H3,(H,32,39)/t18-/m0/s1. The van der Waals surface area contributed by atoms with Crippen LogP contribution < -0.4 is 15.0 Å². The predicted molar refractivity (Wildman–Crippen MR) is 147 cm³/mol. The summed E-state index contributed by atoms with van der Waals surface area (Å²) >= 11 is 0. The van der Waals surface area contributed by atoms with Gasteiger partial charge in [0.25, 0.3) is 5.91 Å². The fourth-order valence-electron chi connectivity index (χ4n) is 4.36. The van der Waals surface area contributed by atoms with Crippen LogP contribution in [0.25, 0.3) is 23.2 Å². The third-order valence-corrected chi connectivity index (χ3v) is 7.96. The number of alkyl carbamates (subject to hydrolysis) is 1. The van der Waals surface area contributed by atoms with Gasteiger partial charge < -0.3 is 28.6 Å². The van der Waals surface area contributed by atoms with E-state index in [0.717, 1.165) is 23.1 Å². The molecule has 0 spiro atoms. The normalized spacial score (nSPS) is 16.5. The Labute approximate surface area is 257 Å². The smallest absolute Gasteiger partial charge is 0.444 e. The second-order valence-corrected chi connectivity index (χ2v) is 12.9. The second kappa shape index (κ2) is 11.7. The summed E-state index contributed by atoms with van der Waals surface area (Å²) in [5, 5.41) is 13.4. The van der Waals surface area contributed by atoms with Crippen molar-refractivity contribution in [2.24, 2.45) is 0 Å². The summed E-state index contributed by atoms with van der Waals surface area (Å²) in [5.74, 6) is -4.18. The summed E-state index contributed by atoms with van der Waals surface area (Å²) in [6.07, 6.45) is -6.04. The number of amides is 2. The molecule has 244 valence electrons. The molecule has 0 saturated carbocycles. The Bertz CT molecular complexity index is 1900. The van der Waals surface area contributed by atoms with Gasteiger partial charge in [0, 0.05) is 6.92 Å². The molecule has 0 unspecified atom stereocenters. The number of fused-ring (bicyclic) bond motifs is 1. The van der Waals surface area contributed by atoms with Crippen molar-refractivity contribution in [3.05, 3.63) is 53.7 Å². The molecule has 0 saturated heterocycles. The highest BCUT2D eigenvalue weighted by atomic mass is 32.2. The third-order valence-electron chi connectivity index (χ3n) is 6.19. The van der Waals surface area contributed by atoms with Gasteiger partial charge in [-0.15, -0.1) is 23.4 Å². The molecule has 14 nitrogen and oxygen atoms in total. The molecule has 0 fully saturated rings. The maximum Gasteiger partial charge on any atom is 0.573 e. The molecule has 4 aromatic rings. The molecular weight excluding hydrogens is 644 g/mol. The number of hydrogen-bond acceptors (Lipinski definition) is 12. The lowest BCUT2D eigenvalue weighted by Crippen LogP contribution is -2.51. The lowest BCUT2D eigenvalue weighted by Gasteiger charge is -2.27. The molecule has 1 atom stereocenters. The SMILES string of the molecule is Cc1nnc(-c2nc(-c3cc4c(cc3F)S(=O)(=O)C[C@H](NC(=O)OC(C)(C)C)C(=O)N4Cc3ccc(OC(F)(F)F)cc3)no2)o1. The number of carbonyl (C=O) groups excluding carboxylic acids is 2. The number of halogens is 4. The topological polar surface area (TPSA) is 180 Å². The molecule has 0 bridgehead atoms. The molecule has 1 N–H and O–H groups in total. The van der Waals surface area contributed by atoms with Crippen LogP contribution in [0.2, 0.25) is 0 Å². The summed E-state index contributed by atoms with van der Waals surface area (Å²) in [5.41, 5.74) is -1.49. The van der Waals surface area contributed by atoms with Crippen LogP contribution >= 0.6 is 0 Å². The molecule has 1 aliphatic heterocycles. The summed E-state index contributed by atoms with van der Waals surface area (Å²) in [6, 6.07) is 4.39. The van der Waals surface area contributed by atoms with Gasteiger partial charge in [0.15, 0.2) is 9.84 Å². The maximum atomic E-state index is 15.5. The first-order valence-electron chi connectivity index (χ1n) is 13.2. The average Bonchev–Trinajstić information content (AvgIpc) is 3.58. The lowest BCUT2D eigenvalue weighted by molar-refractivity contribution is -0.274. The molecule has 19 heteroatoms. The van der Waals surface area contributed by atoms with Crippen molar-refractivity contribution >= 4 is 27.5 Å². The number of nitrogens with zero attached hydrogens (tertiary/aromatic N) is 5. The number of anilines is 1. The van der Waals surface area contributed by atoms with Gasteiger partial charge in [-0.1, -0.05) is 17.3 Å². The van der Waals surface area contributed by atoms with E-state index >= 15 is 4.39 Å². The number of ether oxygens (including phenoxy) is 2. The highest BCUT2D eigenvalue weighted by Crippen LogP contribution is 2.37. The first-order chi connectivity index (χ1) is 21.4. The number of aromatic nitrogens is 4. The highest BCUT2D eigenvalue weighted by Gasteiger charge is 2.40. The van der Waals surface area contributed by atoms with Crippen molar-refractivity contribution in [3.8, 4) is 28.9 Å². The quantitative estimate of drug-likeness (QED) is 0.288. The zero-order chi connectivity index (χ0) is 33.6. The van der Waals surface area contributed by atoms with E-state index < -0.39 is 68.6 Å². The van der Waals surface area contributed by atoms with Gasteiger partial charge in [-0.3, -0.25) is 4.79 Å². The van der Waals surface area contributed by atoms with E-state index in [0.29, 0.717) is 6.07 Å². The molecule has 3 heterocycles. The predicted octanol–water partition coefficient (Wildman–Crippen LogP) is 4.35. The number of nitrogens with one attached hydrogen (secondary N) is 1. The van der Waals surface area contributed by atoms with E-state index in [2.05, 4.69) is 30.4 Å². The number of sulfone groups is 1.